The van der Waals surface area contributed by atoms with Crippen molar-refractivity contribution in [1.29, 1.82) is 0 Å². The zero-order valence-electron chi connectivity index (χ0n) is 11.0. The van der Waals surface area contributed by atoms with Crippen molar-refractivity contribution >= 4 is 23.2 Å². The normalized spacial score (nSPS) is 12.3. The summed E-state index contributed by atoms with van der Waals surface area (Å²) in [5.74, 6) is 0.893. The quantitative estimate of drug-likeness (QED) is 0.658. The number of aromatic nitrogens is 2. The molecule has 0 saturated heterocycles. The third-order valence-corrected chi connectivity index (χ3v) is 3.90. The second-order valence-electron chi connectivity index (χ2n) is 4.58. The Kier molecular flexibility index (Phi) is 4.23. The topological polar surface area (TPSA) is 38.9 Å². The van der Waals surface area contributed by atoms with E-state index in [1.54, 1.807) is 0 Å². The van der Waals surface area contributed by atoms with Gasteiger partial charge in [-0.1, -0.05) is 60.1 Å². The zero-order chi connectivity index (χ0) is 14.7. The van der Waals surface area contributed by atoms with Crippen molar-refractivity contribution in [1.82, 2.24) is 10.2 Å². The highest BCUT2D eigenvalue weighted by Gasteiger charge is 2.18. The van der Waals surface area contributed by atoms with Crippen LogP contribution in [0.3, 0.4) is 0 Å². The third-order valence-electron chi connectivity index (χ3n) is 3.09. The summed E-state index contributed by atoms with van der Waals surface area (Å²) in [4.78, 5) is 0. The minimum Gasteiger partial charge on any atom is -0.423 e. The minimum absolute atomic E-state index is 0.393. The van der Waals surface area contributed by atoms with E-state index in [9.17, 15) is 0 Å². The molecule has 106 valence electrons. The molecule has 1 unspecified atom stereocenters. The van der Waals surface area contributed by atoms with E-state index in [1.165, 1.54) is 0 Å². The highest BCUT2D eigenvalue weighted by molar-refractivity contribution is 6.31. The summed E-state index contributed by atoms with van der Waals surface area (Å²) in [6.45, 7) is 0. The van der Waals surface area contributed by atoms with Crippen molar-refractivity contribution in [3.05, 3.63) is 82.5 Å². The Hall–Kier alpha value is -1.84. The Balaban J connectivity index is 1.79. The van der Waals surface area contributed by atoms with Gasteiger partial charge in [0.05, 0.1) is 6.42 Å². The van der Waals surface area contributed by atoms with Crippen LogP contribution in [0.4, 0.5) is 0 Å². The van der Waals surface area contributed by atoms with Crippen LogP contribution in [0.15, 0.2) is 59.0 Å². The Morgan fingerprint density at radius 3 is 2.43 bits per heavy atom. The number of nitrogens with zero attached hydrogens (tertiary/aromatic N) is 2. The van der Waals surface area contributed by atoms with Gasteiger partial charge in [0.1, 0.15) is 5.38 Å². The van der Waals surface area contributed by atoms with Crippen molar-refractivity contribution in [2.75, 3.05) is 0 Å². The maximum Gasteiger partial charge on any atom is 0.238 e. The van der Waals surface area contributed by atoms with Gasteiger partial charge in [0.25, 0.3) is 0 Å². The SMILES string of the molecule is Clc1ccccc1Cc1nnc(C(Cl)c2ccccc2)o1. The molecular weight excluding hydrogens is 307 g/mol. The van der Waals surface area contributed by atoms with Crippen molar-refractivity contribution < 1.29 is 4.42 Å². The number of alkyl halides is 1. The largest absolute Gasteiger partial charge is 0.423 e. The Morgan fingerprint density at radius 2 is 1.67 bits per heavy atom. The van der Waals surface area contributed by atoms with Crippen molar-refractivity contribution in [2.45, 2.75) is 11.8 Å². The molecule has 1 heterocycles. The summed E-state index contributed by atoms with van der Waals surface area (Å²) in [6.07, 6.45) is 0.491. The molecular formula is C16H12Cl2N2O. The van der Waals surface area contributed by atoms with Crippen LogP contribution >= 0.6 is 23.2 Å². The van der Waals surface area contributed by atoms with Gasteiger partial charge in [0.2, 0.25) is 11.8 Å². The summed E-state index contributed by atoms with van der Waals surface area (Å²) in [6, 6.07) is 17.2. The smallest absolute Gasteiger partial charge is 0.238 e. The monoisotopic (exact) mass is 318 g/mol. The highest BCUT2D eigenvalue weighted by atomic mass is 35.5. The van der Waals surface area contributed by atoms with Crippen LogP contribution in [0.1, 0.15) is 28.3 Å². The summed E-state index contributed by atoms with van der Waals surface area (Å²) in [5.41, 5.74) is 1.87. The van der Waals surface area contributed by atoms with E-state index in [-0.39, 0.29) is 0 Å². The molecule has 0 aliphatic rings. The number of halogens is 2. The summed E-state index contributed by atoms with van der Waals surface area (Å²) in [5, 5.41) is 8.30. The Bertz CT molecular complexity index is 728. The molecule has 2 aromatic carbocycles. The fraction of sp³-hybridized carbons (Fsp3) is 0.125. The van der Waals surface area contributed by atoms with Gasteiger partial charge in [0.15, 0.2) is 0 Å². The van der Waals surface area contributed by atoms with E-state index in [0.717, 1.165) is 11.1 Å². The maximum atomic E-state index is 6.36. The lowest BCUT2D eigenvalue weighted by molar-refractivity contribution is 0.462. The molecule has 0 saturated carbocycles. The van der Waals surface area contributed by atoms with Crippen molar-refractivity contribution in [3.8, 4) is 0 Å². The average Bonchev–Trinajstić information content (AvgIpc) is 2.98. The number of benzene rings is 2. The van der Waals surface area contributed by atoms with E-state index in [4.69, 9.17) is 27.6 Å². The lowest BCUT2D eigenvalue weighted by Crippen LogP contribution is -1.92. The lowest BCUT2D eigenvalue weighted by Gasteiger charge is -2.04. The molecule has 0 aliphatic carbocycles. The molecule has 0 fully saturated rings. The molecule has 0 amide bonds. The third kappa shape index (κ3) is 3.26. The van der Waals surface area contributed by atoms with E-state index >= 15 is 0 Å². The zero-order valence-corrected chi connectivity index (χ0v) is 12.6. The first-order valence-electron chi connectivity index (χ1n) is 6.49. The van der Waals surface area contributed by atoms with Crippen LogP contribution < -0.4 is 0 Å². The predicted octanol–water partition coefficient (Wildman–Crippen LogP) is 4.64. The summed E-state index contributed by atoms with van der Waals surface area (Å²) >= 11 is 12.5. The fourth-order valence-electron chi connectivity index (χ4n) is 2.01. The molecule has 3 aromatic rings. The average molecular weight is 319 g/mol. The first kappa shape index (κ1) is 14.1. The molecule has 0 bridgehead atoms. The van der Waals surface area contributed by atoms with Gasteiger partial charge < -0.3 is 4.42 Å². The van der Waals surface area contributed by atoms with Gasteiger partial charge in [-0.3, -0.25) is 0 Å². The Labute approximate surface area is 132 Å². The van der Waals surface area contributed by atoms with Crippen LogP contribution in [0.5, 0.6) is 0 Å². The van der Waals surface area contributed by atoms with Gasteiger partial charge >= 0.3 is 0 Å². The standard InChI is InChI=1S/C16H12Cl2N2O/c17-13-9-5-4-8-12(13)10-14-19-20-16(21-14)15(18)11-6-2-1-3-7-11/h1-9,15H,10H2. The van der Waals surface area contributed by atoms with Crippen LogP contribution in [-0.2, 0) is 6.42 Å². The molecule has 0 spiro atoms. The molecule has 0 aliphatic heterocycles. The predicted molar refractivity (Wildman–Crippen MR) is 82.7 cm³/mol. The van der Waals surface area contributed by atoms with E-state index in [0.29, 0.717) is 23.2 Å². The lowest BCUT2D eigenvalue weighted by atomic mass is 10.1. The van der Waals surface area contributed by atoms with Crippen molar-refractivity contribution in [3.63, 3.8) is 0 Å². The highest BCUT2D eigenvalue weighted by Crippen LogP contribution is 2.28. The van der Waals surface area contributed by atoms with Gasteiger partial charge in [-0.15, -0.1) is 21.8 Å². The molecule has 1 aromatic heterocycles. The van der Waals surface area contributed by atoms with Gasteiger partial charge in [0, 0.05) is 5.02 Å². The van der Waals surface area contributed by atoms with Crippen LogP contribution in [0.2, 0.25) is 5.02 Å². The van der Waals surface area contributed by atoms with Gasteiger partial charge in [-0.2, -0.15) is 0 Å². The molecule has 21 heavy (non-hydrogen) atoms. The summed E-state index contributed by atoms with van der Waals surface area (Å²) < 4.78 is 5.65. The number of hydrogen-bond acceptors (Lipinski definition) is 3. The van der Waals surface area contributed by atoms with Gasteiger partial charge in [-0.25, -0.2) is 0 Å². The summed E-state index contributed by atoms with van der Waals surface area (Å²) in [7, 11) is 0. The van der Waals surface area contributed by atoms with E-state index in [2.05, 4.69) is 10.2 Å². The molecule has 0 N–H and O–H groups in total. The van der Waals surface area contributed by atoms with Crippen LogP contribution in [0.25, 0.3) is 0 Å². The molecule has 5 heteroatoms. The molecule has 3 rings (SSSR count). The maximum absolute atomic E-state index is 6.36. The Morgan fingerprint density at radius 1 is 0.952 bits per heavy atom. The molecule has 3 nitrogen and oxygen atoms in total. The van der Waals surface area contributed by atoms with E-state index < -0.39 is 5.38 Å². The number of hydrogen-bond donors (Lipinski definition) is 0. The van der Waals surface area contributed by atoms with Gasteiger partial charge in [-0.05, 0) is 17.2 Å². The fourth-order valence-corrected chi connectivity index (χ4v) is 2.45. The van der Waals surface area contributed by atoms with Crippen molar-refractivity contribution in [2.24, 2.45) is 0 Å². The second-order valence-corrected chi connectivity index (χ2v) is 5.42. The van der Waals surface area contributed by atoms with Crippen LogP contribution in [-0.4, -0.2) is 10.2 Å². The first-order chi connectivity index (χ1) is 10.2. The molecule has 0 radical (unpaired) electrons. The number of rotatable bonds is 4. The minimum atomic E-state index is -0.446. The second kappa shape index (κ2) is 6.29. The molecule has 1 atom stereocenters. The first-order valence-corrected chi connectivity index (χ1v) is 7.30. The van der Waals surface area contributed by atoms with E-state index in [1.807, 2.05) is 54.6 Å². The van der Waals surface area contributed by atoms with Crippen LogP contribution in [0, 0.1) is 0 Å².